The molecule has 8 heavy (non-hydrogen) atoms. The van der Waals surface area contributed by atoms with Gasteiger partial charge in [0, 0.05) is 0 Å². The zero-order chi connectivity index (χ0) is 6.57. The molecule has 1 unspecified atom stereocenters. The van der Waals surface area contributed by atoms with E-state index in [0.717, 1.165) is 5.92 Å². The lowest BCUT2D eigenvalue weighted by atomic mass is 10.1. The Labute approximate surface area is 68.3 Å². The first-order chi connectivity index (χ1) is 3.68. The first-order valence-corrected chi connectivity index (χ1v) is 4.79. The van der Waals surface area contributed by atoms with E-state index < -0.39 is 0 Å². The first-order valence-electron chi connectivity index (χ1n) is 2.96. The van der Waals surface area contributed by atoms with Gasteiger partial charge in [0.25, 0.3) is 0 Å². The van der Waals surface area contributed by atoms with E-state index in [1.807, 2.05) is 0 Å². The number of rotatable bonds is 3. The highest BCUT2D eigenvalue weighted by Crippen LogP contribution is 2.22. The third-order valence-corrected chi connectivity index (χ3v) is 2.98. The lowest BCUT2D eigenvalue weighted by molar-refractivity contribution is 0.575. The van der Waals surface area contributed by atoms with E-state index in [1.54, 1.807) is 0 Å². The molecular weight excluding hydrogens is 232 g/mol. The summed E-state index contributed by atoms with van der Waals surface area (Å²) in [5.74, 6) is 0.750. The molecule has 1 atom stereocenters. The van der Waals surface area contributed by atoms with Gasteiger partial charge in [-0.3, -0.25) is 0 Å². The van der Waals surface area contributed by atoms with Gasteiger partial charge in [-0.1, -0.05) is 52.1 Å². The third kappa shape index (κ3) is 3.90. The molecule has 0 aliphatic rings. The maximum absolute atomic E-state index is 3.46. The molecule has 0 aromatic carbocycles. The fourth-order valence-corrected chi connectivity index (χ4v) is 1.11. The van der Waals surface area contributed by atoms with Crippen molar-refractivity contribution in [2.75, 3.05) is 0 Å². The smallest absolute Gasteiger partial charge is 0.0723 e. The van der Waals surface area contributed by atoms with Crippen molar-refractivity contribution in [3.63, 3.8) is 0 Å². The van der Waals surface area contributed by atoms with Crippen molar-refractivity contribution >= 4 is 31.9 Å². The third-order valence-electron chi connectivity index (χ3n) is 1.17. The van der Waals surface area contributed by atoms with Gasteiger partial charge in [-0.2, -0.15) is 0 Å². The van der Waals surface area contributed by atoms with Crippen molar-refractivity contribution in [2.45, 2.75) is 30.4 Å². The molecule has 0 spiro atoms. The minimum Gasteiger partial charge on any atom is -0.0762 e. The second kappa shape index (κ2) is 4.80. The Balaban J connectivity index is 3.17. The van der Waals surface area contributed by atoms with Gasteiger partial charge in [-0.25, -0.2) is 0 Å². The zero-order valence-electron chi connectivity index (χ0n) is 5.32. The van der Waals surface area contributed by atoms with Crippen LogP contribution >= 0.6 is 31.9 Å². The highest BCUT2D eigenvalue weighted by Gasteiger charge is 2.07. The lowest BCUT2D eigenvalue weighted by Crippen LogP contribution is -2.01. The molecule has 0 heterocycles. The second-order valence-electron chi connectivity index (χ2n) is 2.10. The van der Waals surface area contributed by atoms with Gasteiger partial charge in [-0.05, 0) is 12.3 Å². The molecule has 0 radical (unpaired) electrons. The largest absolute Gasteiger partial charge is 0.0762 e. The Hall–Kier alpha value is 0.960. The minimum atomic E-state index is 0.495. The van der Waals surface area contributed by atoms with Crippen molar-refractivity contribution < 1.29 is 0 Å². The van der Waals surface area contributed by atoms with Gasteiger partial charge < -0.3 is 0 Å². The van der Waals surface area contributed by atoms with Crippen molar-refractivity contribution in [3.8, 4) is 0 Å². The Bertz CT molecular complexity index is 52.5. The molecule has 0 aliphatic heterocycles. The quantitative estimate of drug-likeness (QED) is 0.666. The van der Waals surface area contributed by atoms with Crippen LogP contribution in [0.3, 0.4) is 0 Å². The molecule has 0 bridgehead atoms. The van der Waals surface area contributed by atoms with E-state index >= 15 is 0 Å². The standard InChI is InChI=1S/C6H12Br2/c1-3-4-5(2)6(7)8/h5-6H,3-4H2,1-2H3. The number of hydrogen-bond acceptors (Lipinski definition) is 0. The molecule has 0 nitrogen and oxygen atoms in total. The Morgan fingerprint density at radius 2 is 1.88 bits per heavy atom. The van der Waals surface area contributed by atoms with Crippen molar-refractivity contribution in [3.05, 3.63) is 0 Å². The van der Waals surface area contributed by atoms with Crippen molar-refractivity contribution in [2.24, 2.45) is 5.92 Å². The average molecular weight is 244 g/mol. The fraction of sp³-hybridized carbons (Fsp3) is 1.00. The summed E-state index contributed by atoms with van der Waals surface area (Å²) in [6.07, 6.45) is 2.57. The summed E-state index contributed by atoms with van der Waals surface area (Å²) in [6.45, 7) is 4.44. The summed E-state index contributed by atoms with van der Waals surface area (Å²) >= 11 is 6.91. The van der Waals surface area contributed by atoms with Gasteiger partial charge in [0.2, 0.25) is 0 Å². The van der Waals surface area contributed by atoms with Gasteiger partial charge >= 0.3 is 0 Å². The maximum Gasteiger partial charge on any atom is 0.0723 e. The summed E-state index contributed by atoms with van der Waals surface area (Å²) < 4.78 is 0.495. The van der Waals surface area contributed by atoms with Crippen molar-refractivity contribution in [1.82, 2.24) is 0 Å². The van der Waals surface area contributed by atoms with Gasteiger partial charge in [0.1, 0.15) is 0 Å². The molecule has 0 amide bonds. The molecule has 0 saturated carbocycles. The topological polar surface area (TPSA) is 0 Å². The van der Waals surface area contributed by atoms with E-state index in [0.29, 0.717) is 3.74 Å². The van der Waals surface area contributed by atoms with E-state index in [9.17, 15) is 0 Å². The molecule has 0 aromatic rings. The minimum absolute atomic E-state index is 0.495. The zero-order valence-corrected chi connectivity index (χ0v) is 8.50. The average Bonchev–Trinajstić information content (AvgIpc) is 1.67. The van der Waals surface area contributed by atoms with Gasteiger partial charge in [0.15, 0.2) is 0 Å². The summed E-state index contributed by atoms with van der Waals surface area (Å²) in [5, 5.41) is 0. The van der Waals surface area contributed by atoms with Gasteiger partial charge in [-0.15, -0.1) is 0 Å². The summed E-state index contributed by atoms with van der Waals surface area (Å²) in [6, 6.07) is 0. The van der Waals surface area contributed by atoms with Crippen LogP contribution in [0.4, 0.5) is 0 Å². The van der Waals surface area contributed by atoms with E-state index in [2.05, 4.69) is 45.7 Å². The fourth-order valence-electron chi connectivity index (χ4n) is 0.581. The molecule has 50 valence electrons. The van der Waals surface area contributed by atoms with Crippen LogP contribution in [-0.2, 0) is 0 Å². The van der Waals surface area contributed by atoms with Crippen LogP contribution in [0.15, 0.2) is 0 Å². The Morgan fingerprint density at radius 1 is 1.38 bits per heavy atom. The number of alkyl halides is 2. The molecule has 0 N–H and O–H groups in total. The normalized spacial score (nSPS) is 14.6. The van der Waals surface area contributed by atoms with E-state index in [4.69, 9.17) is 0 Å². The van der Waals surface area contributed by atoms with Crippen LogP contribution in [0.2, 0.25) is 0 Å². The number of hydrogen-bond donors (Lipinski definition) is 0. The highest BCUT2D eigenvalue weighted by atomic mass is 79.9. The lowest BCUT2D eigenvalue weighted by Gasteiger charge is -2.09. The van der Waals surface area contributed by atoms with Crippen LogP contribution in [0.1, 0.15) is 26.7 Å². The Morgan fingerprint density at radius 3 is 2.00 bits per heavy atom. The summed E-state index contributed by atoms with van der Waals surface area (Å²) in [4.78, 5) is 0. The molecule has 0 fully saturated rings. The second-order valence-corrected chi connectivity index (χ2v) is 5.30. The molecule has 0 aliphatic carbocycles. The predicted molar refractivity (Wildman–Crippen MR) is 45.7 cm³/mol. The molecule has 2 heteroatoms. The van der Waals surface area contributed by atoms with Crippen LogP contribution in [0.5, 0.6) is 0 Å². The monoisotopic (exact) mass is 242 g/mol. The Kier molecular flexibility index (Phi) is 5.38. The van der Waals surface area contributed by atoms with Gasteiger partial charge in [0.05, 0.1) is 3.74 Å². The van der Waals surface area contributed by atoms with Crippen LogP contribution in [0, 0.1) is 5.92 Å². The number of halogens is 2. The first kappa shape index (κ1) is 8.96. The summed E-state index contributed by atoms with van der Waals surface area (Å²) in [7, 11) is 0. The molecule has 0 saturated heterocycles. The molecular formula is C6H12Br2. The van der Waals surface area contributed by atoms with Crippen molar-refractivity contribution in [1.29, 1.82) is 0 Å². The predicted octanol–water partition coefficient (Wildman–Crippen LogP) is 3.54. The van der Waals surface area contributed by atoms with Crippen LogP contribution in [-0.4, -0.2) is 3.74 Å². The maximum atomic E-state index is 3.46. The van der Waals surface area contributed by atoms with Crippen LogP contribution in [0.25, 0.3) is 0 Å². The SMILES string of the molecule is CCCC(C)C(Br)Br. The molecule has 0 aromatic heterocycles. The van der Waals surface area contributed by atoms with Crippen LogP contribution < -0.4 is 0 Å². The van der Waals surface area contributed by atoms with E-state index in [1.165, 1.54) is 12.8 Å². The highest BCUT2D eigenvalue weighted by molar-refractivity contribution is 9.24. The summed E-state index contributed by atoms with van der Waals surface area (Å²) in [5.41, 5.74) is 0. The van der Waals surface area contributed by atoms with E-state index in [-0.39, 0.29) is 0 Å². The molecule has 0 rings (SSSR count).